The van der Waals surface area contributed by atoms with Crippen LogP contribution in [0.2, 0.25) is 0 Å². The number of piperazine rings is 1. The smallest absolute Gasteiger partial charge is 0.0374 e. The summed E-state index contributed by atoms with van der Waals surface area (Å²) >= 11 is 0. The molecule has 2 N–H and O–H groups in total. The fourth-order valence-corrected chi connectivity index (χ4v) is 3.29. The van der Waals surface area contributed by atoms with Gasteiger partial charge in [0.25, 0.3) is 0 Å². The van der Waals surface area contributed by atoms with E-state index in [1.54, 1.807) is 0 Å². The van der Waals surface area contributed by atoms with Crippen molar-refractivity contribution in [3.8, 4) is 0 Å². The highest BCUT2D eigenvalue weighted by Crippen LogP contribution is 2.30. The maximum atomic E-state index is 3.56. The second-order valence-corrected chi connectivity index (χ2v) is 5.11. The van der Waals surface area contributed by atoms with Crippen LogP contribution in [0.5, 0.6) is 0 Å². The van der Waals surface area contributed by atoms with Gasteiger partial charge in [-0.15, -0.1) is 0 Å². The molecule has 2 aliphatic rings. The molecule has 1 aliphatic carbocycles. The summed E-state index contributed by atoms with van der Waals surface area (Å²) in [5, 5.41) is 7.08. The molecule has 2 atom stereocenters. The minimum Gasteiger partial charge on any atom is -0.315 e. The number of nitrogens with zero attached hydrogens (tertiary/aromatic N) is 1. The second-order valence-electron chi connectivity index (χ2n) is 5.11. The quantitative estimate of drug-likeness (QED) is 0.718. The Labute approximate surface area is 93.6 Å². The molecule has 0 radical (unpaired) electrons. The Hall–Kier alpha value is -0.120. The molecule has 0 aromatic heterocycles. The molecule has 88 valence electrons. The molecule has 3 heteroatoms. The Morgan fingerprint density at radius 3 is 2.67 bits per heavy atom. The molecule has 1 heterocycles. The summed E-state index contributed by atoms with van der Waals surface area (Å²) in [6.07, 6.45) is 5.73. The Balaban J connectivity index is 1.97. The van der Waals surface area contributed by atoms with Crippen LogP contribution in [-0.2, 0) is 0 Å². The van der Waals surface area contributed by atoms with Gasteiger partial charge in [-0.05, 0) is 32.9 Å². The van der Waals surface area contributed by atoms with Gasteiger partial charge in [0.2, 0.25) is 0 Å². The number of nitrogens with one attached hydrogen (secondary N) is 2. The van der Waals surface area contributed by atoms with Crippen molar-refractivity contribution < 1.29 is 0 Å². The standard InChI is InChI=1S/C12H25N3/c1-13-12(10-5-3-4-6-10)11-9-14-7-8-15(11)2/h10-14H,3-9H2,1-2H3. The third-order valence-corrected chi connectivity index (χ3v) is 4.22. The first-order valence-electron chi connectivity index (χ1n) is 6.41. The summed E-state index contributed by atoms with van der Waals surface area (Å²) < 4.78 is 0. The Morgan fingerprint density at radius 1 is 1.33 bits per heavy atom. The summed E-state index contributed by atoms with van der Waals surface area (Å²) in [6, 6.07) is 1.37. The van der Waals surface area contributed by atoms with Gasteiger partial charge in [-0.2, -0.15) is 0 Å². The van der Waals surface area contributed by atoms with Crippen molar-refractivity contribution in [1.82, 2.24) is 15.5 Å². The molecule has 1 saturated heterocycles. The molecular weight excluding hydrogens is 186 g/mol. The van der Waals surface area contributed by atoms with Crippen LogP contribution in [0.15, 0.2) is 0 Å². The zero-order valence-corrected chi connectivity index (χ0v) is 10.1. The average molecular weight is 211 g/mol. The van der Waals surface area contributed by atoms with Gasteiger partial charge in [0.05, 0.1) is 0 Å². The molecule has 0 spiro atoms. The third kappa shape index (κ3) is 2.52. The van der Waals surface area contributed by atoms with Crippen molar-refractivity contribution in [1.29, 1.82) is 0 Å². The van der Waals surface area contributed by atoms with Gasteiger partial charge in [0, 0.05) is 31.7 Å². The van der Waals surface area contributed by atoms with Gasteiger partial charge in [-0.3, -0.25) is 4.90 Å². The van der Waals surface area contributed by atoms with Crippen molar-refractivity contribution >= 4 is 0 Å². The van der Waals surface area contributed by atoms with Crippen LogP contribution in [0.3, 0.4) is 0 Å². The summed E-state index contributed by atoms with van der Waals surface area (Å²) in [7, 11) is 4.40. The topological polar surface area (TPSA) is 27.3 Å². The van der Waals surface area contributed by atoms with Gasteiger partial charge in [-0.1, -0.05) is 12.8 Å². The van der Waals surface area contributed by atoms with Crippen molar-refractivity contribution in [2.45, 2.75) is 37.8 Å². The highest BCUT2D eigenvalue weighted by atomic mass is 15.2. The first kappa shape index (κ1) is 11.4. The zero-order chi connectivity index (χ0) is 10.7. The third-order valence-electron chi connectivity index (χ3n) is 4.22. The Bertz CT molecular complexity index is 189. The first-order valence-corrected chi connectivity index (χ1v) is 6.41. The summed E-state index contributed by atoms with van der Waals surface area (Å²) in [5.41, 5.74) is 0. The lowest BCUT2D eigenvalue weighted by molar-refractivity contribution is 0.133. The fraction of sp³-hybridized carbons (Fsp3) is 1.00. The Morgan fingerprint density at radius 2 is 2.07 bits per heavy atom. The molecule has 0 amide bonds. The molecule has 1 aliphatic heterocycles. The number of rotatable bonds is 3. The van der Waals surface area contributed by atoms with E-state index in [9.17, 15) is 0 Å². The highest BCUT2D eigenvalue weighted by Gasteiger charge is 2.33. The molecule has 0 aromatic carbocycles. The average Bonchev–Trinajstić information content (AvgIpc) is 2.75. The van der Waals surface area contributed by atoms with Crippen molar-refractivity contribution in [3.05, 3.63) is 0 Å². The van der Waals surface area contributed by atoms with Crippen molar-refractivity contribution in [2.24, 2.45) is 5.92 Å². The molecule has 2 fully saturated rings. The fourth-order valence-electron chi connectivity index (χ4n) is 3.29. The van der Waals surface area contributed by atoms with E-state index in [0.717, 1.165) is 19.0 Å². The van der Waals surface area contributed by atoms with E-state index in [4.69, 9.17) is 0 Å². The van der Waals surface area contributed by atoms with Crippen LogP contribution in [0.25, 0.3) is 0 Å². The van der Waals surface area contributed by atoms with Gasteiger partial charge >= 0.3 is 0 Å². The van der Waals surface area contributed by atoms with Crippen LogP contribution < -0.4 is 10.6 Å². The van der Waals surface area contributed by atoms with Gasteiger partial charge in [0.1, 0.15) is 0 Å². The van der Waals surface area contributed by atoms with E-state index in [-0.39, 0.29) is 0 Å². The molecular formula is C12H25N3. The molecule has 2 unspecified atom stereocenters. The summed E-state index contributed by atoms with van der Waals surface area (Å²) in [6.45, 7) is 3.49. The molecule has 15 heavy (non-hydrogen) atoms. The lowest BCUT2D eigenvalue weighted by atomic mass is 9.90. The Kier molecular flexibility index (Phi) is 4.00. The summed E-state index contributed by atoms with van der Waals surface area (Å²) in [4.78, 5) is 2.52. The predicted octanol–water partition coefficient (Wildman–Crippen LogP) is 0.668. The minimum absolute atomic E-state index is 0.685. The van der Waals surface area contributed by atoms with Crippen LogP contribution in [0, 0.1) is 5.92 Å². The van der Waals surface area contributed by atoms with E-state index in [1.807, 2.05) is 0 Å². The van der Waals surface area contributed by atoms with E-state index in [0.29, 0.717) is 12.1 Å². The van der Waals surface area contributed by atoms with Crippen molar-refractivity contribution in [2.75, 3.05) is 33.7 Å². The monoisotopic (exact) mass is 211 g/mol. The zero-order valence-electron chi connectivity index (χ0n) is 10.1. The number of hydrogen-bond donors (Lipinski definition) is 2. The highest BCUT2D eigenvalue weighted by molar-refractivity contribution is 4.93. The predicted molar refractivity (Wildman–Crippen MR) is 64.1 cm³/mol. The molecule has 2 rings (SSSR count). The van der Waals surface area contributed by atoms with E-state index in [2.05, 4.69) is 29.6 Å². The van der Waals surface area contributed by atoms with E-state index < -0.39 is 0 Å². The maximum absolute atomic E-state index is 3.56. The molecule has 0 bridgehead atoms. The van der Waals surface area contributed by atoms with Gasteiger partial charge in [0.15, 0.2) is 0 Å². The number of likely N-dealkylation sites (N-methyl/N-ethyl adjacent to an activating group) is 2. The van der Waals surface area contributed by atoms with Gasteiger partial charge < -0.3 is 10.6 Å². The van der Waals surface area contributed by atoms with E-state index >= 15 is 0 Å². The lowest BCUT2D eigenvalue weighted by Gasteiger charge is -2.41. The van der Waals surface area contributed by atoms with Crippen LogP contribution >= 0.6 is 0 Å². The largest absolute Gasteiger partial charge is 0.315 e. The molecule has 1 saturated carbocycles. The summed E-state index contributed by atoms with van der Waals surface area (Å²) in [5.74, 6) is 0.905. The normalized spacial score (nSPS) is 32.0. The van der Waals surface area contributed by atoms with Crippen LogP contribution in [0.4, 0.5) is 0 Å². The van der Waals surface area contributed by atoms with Crippen molar-refractivity contribution in [3.63, 3.8) is 0 Å². The SMILES string of the molecule is CNC(C1CCCC1)C1CNCCN1C. The second kappa shape index (κ2) is 5.28. The molecule has 3 nitrogen and oxygen atoms in total. The lowest BCUT2D eigenvalue weighted by Crippen LogP contribution is -2.59. The van der Waals surface area contributed by atoms with E-state index in [1.165, 1.54) is 32.2 Å². The maximum Gasteiger partial charge on any atom is 0.0374 e. The molecule has 0 aromatic rings. The van der Waals surface area contributed by atoms with Gasteiger partial charge in [-0.25, -0.2) is 0 Å². The van der Waals surface area contributed by atoms with Crippen LogP contribution in [-0.4, -0.2) is 50.7 Å². The minimum atomic E-state index is 0.685. The first-order chi connectivity index (χ1) is 7.33. The van der Waals surface area contributed by atoms with Crippen LogP contribution in [0.1, 0.15) is 25.7 Å². The number of hydrogen-bond acceptors (Lipinski definition) is 3.